The van der Waals surface area contributed by atoms with Crippen LogP contribution in [0.4, 0.5) is 27.8 Å². The molecule has 4 rings (SSSR count). The SMILES string of the molecule is CC(=O)NC1CN(c2cc(Nc3cnccn3)nc(NC(C)c3ccc(F)cc3)n2)C1. The molecule has 1 aliphatic heterocycles. The topological polar surface area (TPSA) is 108 Å². The molecule has 3 heterocycles. The van der Waals surface area contributed by atoms with Crippen LogP contribution < -0.4 is 20.9 Å². The van der Waals surface area contributed by atoms with E-state index >= 15 is 0 Å². The molecular formula is C21H23FN8O. The van der Waals surface area contributed by atoms with Crippen molar-refractivity contribution >= 4 is 29.3 Å². The van der Waals surface area contributed by atoms with Gasteiger partial charge in [0, 0.05) is 38.5 Å². The molecule has 1 aromatic carbocycles. The number of amides is 1. The van der Waals surface area contributed by atoms with Crippen molar-refractivity contribution in [2.24, 2.45) is 0 Å². The van der Waals surface area contributed by atoms with Crippen LogP contribution in [0.3, 0.4) is 0 Å². The molecule has 0 spiro atoms. The summed E-state index contributed by atoms with van der Waals surface area (Å²) in [6.07, 6.45) is 4.79. The van der Waals surface area contributed by atoms with Crippen molar-refractivity contribution < 1.29 is 9.18 Å². The van der Waals surface area contributed by atoms with E-state index in [0.717, 1.165) is 11.4 Å². The fourth-order valence-corrected chi connectivity index (χ4v) is 3.29. The van der Waals surface area contributed by atoms with Crippen LogP contribution in [0.5, 0.6) is 0 Å². The predicted octanol–water partition coefficient (Wildman–Crippen LogP) is 2.65. The number of nitrogens with one attached hydrogen (secondary N) is 3. The Labute approximate surface area is 179 Å². The van der Waals surface area contributed by atoms with Crippen LogP contribution in [0, 0.1) is 5.82 Å². The summed E-state index contributed by atoms with van der Waals surface area (Å²) in [5.41, 5.74) is 0.911. The number of nitrogens with zero attached hydrogens (tertiary/aromatic N) is 5. The van der Waals surface area contributed by atoms with Crippen molar-refractivity contribution in [1.82, 2.24) is 25.3 Å². The van der Waals surface area contributed by atoms with E-state index in [2.05, 4.69) is 40.8 Å². The molecule has 1 unspecified atom stereocenters. The van der Waals surface area contributed by atoms with Crippen LogP contribution in [0.15, 0.2) is 48.9 Å². The minimum Gasteiger partial charge on any atom is -0.352 e. The second-order valence-electron chi connectivity index (χ2n) is 7.37. The first-order chi connectivity index (χ1) is 15.0. The Morgan fingerprint density at radius 2 is 1.94 bits per heavy atom. The number of carbonyl (C=O) groups excluding carboxylic acids is 1. The van der Waals surface area contributed by atoms with Crippen LogP contribution in [-0.4, -0.2) is 45.0 Å². The summed E-state index contributed by atoms with van der Waals surface area (Å²) in [6, 6.07) is 8.09. The van der Waals surface area contributed by atoms with Crippen molar-refractivity contribution in [3.63, 3.8) is 0 Å². The van der Waals surface area contributed by atoms with Gasteiger partial charge in [0.2, 0.25) is 11.9 Å². The average Bonchev–Trinajstić information content (AvgIpc) is 2.71. The van der Waals surface area contributed by atoms with Gasteiger partial charge in [0.05, 0.1) is 18.3 Å². The molecule has 2 aromatic heterocycles. The van der Waals surface area contributed by atoms with Crippen LogP contribution in [0.25, 0.3) is 0 Å². The Balaban J connectivity index is 1.55. The molecule has 0 aliphatic carbocycles. The van der Waals surface area contributed by atoms with Gasteiger partial charge in [-0.15, -0.1) is 0 Å². The van der Waals surface area contributed by atoms with Gasteiger partial charge in [-0.2, -0.15) is 9.97 Å². The van der Waals surface area contributed by atoms with E-state index in [1.807, 2.05) is 13.0 Å². The number of carbonyl (C=O) groups is 1. The Morgan fingerprint density at radius 3 is 2.61 bits per heavy atom. The number of anilines is 4. The smallest absolute Gasteiger partial charge is 0.227 e. The number of benzene rings is 1. The van der Waals surface area contributed by atoms with E-state index in [0.29, 0.717) is 30.7 Å². The van der Waals surface area contributed by atoms with Gasteiger partial charge in [0.25, 0.3) is 0 Å². The van der Waals surface area contributed by atoms with Gasteiger partial charge in [-0.05, 0) is 24.6 Å². The zero-order valence-electron chi connectivity index (χ0n) is 17.2. The number of hydrogen-bond acceptors (Lipinski definition) is 8. The van der Waals surface area contributed by atoms with Gasteiger partial charge in [0.1, 0.15) is 23.3 Å². The monoisotopic (exact) mass is 422 g/mol. The molecule has 3 aromatic rings. The Morgan fingerprint density at radius 1 is 1.16 bits per heavy atom. The van der Waals surface area contributed by atoms with E-state index in [1.54, 1.807) is 30.7 Å². The van der Waals surface area contributed by atoms with Crippen LogP contribution in [0.1, 0.15) is 25.5 Å². The number of rotatable bonds is 7. The summed E-state index contributed by atoms with van der Waals surface area (Å²) in [7, 11) is 0. The summed E-state index contributed by atoms with van der Waals surface area (Å²) in [5.74, 6) is 1.93. The molecule has 1 aliphatic rings. The lowest BCUT2D eigenvalue weighted by Crippen LogP contribution is -2.59. The van der Waals surface area contributed by atoms with Crippen LogP contribution >= 0.6 is 0 Å². The molecule has 0 bridgehead atoms. The third kappa shape index (κ3) is 5.21. The van der Waals surface area contributed by atoms with Crippen LogP contribution in [0.2, 0.25) is 0 Å². The van der Waals surface area contributed by atoms with Crippen molar-refractivity contribution in [2.75, 3.05) is 28.6 Å². The summed E-state index contributed by atoms with van der Waals surface area (Å²) >= 11 is 0. The molecule has 3 N–H and O–H groups in total. The average molecular weight is 422 g/mol. The van der Waals surface area contributed by atoms with Crippen LogP contribution in [-0.2, 0) is 4.79 Å². The normalized spacial score (nSPS) is 14.5. The highest BCUT2D eigenvalue weighted by molar-refractivity contribution is 5.74. The second kappa shape index (κ2) is 8.90. The molecule has 0 saturated carbocycles. The van der Waals surface area contributed by atoms with Gasteiger partial charge >= 0.3 is 0 Å². The van der Waals surface area contributed by atoms with E-state index in [9.17, 15) is 9.18 Å². The van der Waals surface area contributed by atoms with Gasteiger partial charge < -0.3 is 20.9 Å². The number of halogens is 1. The molecule has 9 nitrogen and oxygen atoms in total. The van der Waals surface area contributed by atoms with Gasteiger partial charge in [-0.3, -0.25) is 9.78 Å². The molecule has 0 radical (unpaired) electrons. The molecule has 1 amide bonds. The minimum absolute atomic E-state index is 0.0483. The van der Waals surface area contributed by atoms with E-state index in [4.69, 9.17) is 0 Å². The first-order valence-electron chi connectivity index (χ1n) is 9.92. The number of aromatic nitrogens is 4. The molecule has 1 fully saturated rings. The van der Waals surface area contributed by atoms with Gasteiger partial charge in [-0.25, -0.2) is 9.37 Å². The lowest BCUT2D eigenvalue weighted by molar-refractivity contribution is -0.119. The lowest BCUT2D eigenvalue weighted by atomic mass is 10.1. The molecule has 160 valence electrons. The summed E-state index contributed by atoms with van der Waals surface area (Å²) in [4.78, 5) is 30.8. The van der Waals surface area contributed by atoms with E-state index in [-0.39, 0.29) is 23.8 Å². The minimum atomic E-state index is -0.281. The Hall–Kier alpha value is -3.82. The lowest BCUT2D eigenvalue weighted by Gasteiger charge is -2.40. The molecule has 31 heavy (non-hydrogen) atoms. The highest BCUT2D eigenvalue weighted by Crippen LogP contribution is 2.26. The summed E-state index contributed by atoms with van der Waals surface area (Å²) in [6.45, 7) is 4.78. The molecule has 10 heteroatoms. The summed E-state index contributed by atoms with van der Waals surface area (Å²) in [5, 5.41) is 9.32. The number of hydrogen-bond donors (Lipinski definition) is 3. The highest BCUT2D eigenvalue weighted by atomic mass is 19.1. The summed E-state index contributed by atoms with van der Waals surface area (Å²) < 4.78 is 13.2. The first kappa shape index (κ1) is 20.5. The first-order valence-corrected chi connectivity index (χ1v) is 9.92. The standard InChI is InChI=1S/C21H23FN8O/c1-13(15-3-5-16(22)6-4-15)25-21-28-18(27-19-10-23-7-8-24-19)9-20(29-21)30-11-17(12-30)26-14(2)31/h3-10,13,17H,11-12H2,1-2H3,(H,26,31)(H2,24,25,27,28,29). The molecule has 1 atom stereocenters. The zero-order valence-corrected chi connectivity index (χ0v) is 17.2. The maximum Gasteiger partial charge on any atom is 0.227 e. The van der Waals surface area contributed by atoms with Crippen molar-refractivity contribution in [1.29, 1.82) is 0 Å². The highest BCUT2D eigenvalue weighted by Gasteiger charge is 2.29. The van der Waals surface area contributed by atoms with E-state index < -0.39 is 0 Å². The van der Waals surface area contributed by atoms with Crippen molar-refractivity contribution in [3.8, 4) is 0 Å². The second-order valence-corrected chi connectivity index (χ2v) is 7.37. The third-order valence-electron chi connectivity index (χ3n) is 4.86. The van der Waals surface area contributed by atoms with Crippen molar-refractivity contribution in [3.05, 3.63) is 60.3 Å². The van der Waals surface area contributed by atoms with E-state index in [1.165, 1.54) is 19.1 Å². The molecule has 1 saturated heterocycles. The fraction of sp³-hybridized carbons (Fsp3) is 0.286. The fourth-order valence-electron chi connectivity index (χ4n) is 3.29. The predicted molar refractivity (Wildman–Crippen MR) is 116 cm³/mol. The maximum atomic E-state index is 13.2. The van der Waals surface area contributed by atoms with Crippen molar-refractivity contribution in [2.45, 2.75) is 25.9 Å². The molecular weight excluding hydrogens is 399 g/mol. The Bertz CT molecular complexity index is 1040. The zero-order chi connectivity index (χ0) is 21.8. The maximum absolute atomic E-state index is 13.2. The largest absolute Gasteiger partial charge is 0.352 e. The van der Waals surface area contributed by atoms with Gasteiger partial charge in [0.15, 0.2) is 0 Å². The Kier molecular flexibility index (Phi) is 5.87. The van der Waals surface area contributed by atoms with Gasteiger partial charge in [-0.1, -0.05) is 12.1 Å². The quantitative estimate of drug-likeness (QED) is 0.533. The third-order valence-corrected chi connectivity index (χ3v) is 4.86.